The van der Waals surface area contributed by atoms with E-state index in [2.05, 4.69) is 45.1 Å². The average Bonchev–Trinajstić information content (AvgIpc) is 2.68. The number of rotatable bonds is 5. The Bertz CT molecular complexity index is 396. The van der Waals surface area contributed by atoms with Crippen LogP contribution in [0, 0.1) is 12.3 Å². The third-order valence-electron chi connectivity index (χ3n) is 4.26. The second-order valence-electron chi connectivity index (χ2n) is 6.63. The fourth-order valence-electron chi connectivity index (χ4n) is 2.88. The Morgan fingerprint density at radius 2 is 2.00 bits per heavy atom. The molecule has 2 rings (SSSR count). The van der Waals surface area contributed by atoms with Crippen molar-refractivity contribution >= 4 is 0 Å². The standard InChI is InChI=1S/C17H27NO/c1-13-7-9-15(10-8-13)19-12-14(2)18-16-6-5-11-17(16,3)4/h7-10,14,16,18H,5-6,11-12H2,1-4H3. The summed E-state index contributed by atoms with van der Waals surface area (Å²) in [4.78, 5) is 0. The first-order valence-electron chi connectivity index (χ1n) is 7.43. The van der Waals surface area contributed by atoms with E-state index in [-0.39, 0.29) is 0 Å². The Morgan fingerprint density at radius 3 is 2.58 bits per heavy atom. The van der Waals surface area contributed by atoms with Gasteiger partial charge < -0.3 is 10.1 Å². The van der Waals surface area contributed by atoms with E-state index in [9.17, 15) is 0 Å². The lowest BCUT2D eigenvalue weighted by atomic mass is 9.87. The van der Waals surface area contributed by atoms with Gasteiger partial charge in [-0.25, -0.2) is 0 Å². The van der Waals surface area contributed by atoms with E-state index in [1.54, 1.807) is 0 Å². The van der Waals surface area contributed by atoms with E-state index < -0.39 is 0 Å². The third-order valence-corrected chi connectivity index (χ3v) is 4.26. The van der Waals surface area contributed by atoms with E-state index in [0.29, 0.717) is 17.5 Å². The monoisotopic (exact) mass is 261 g/mol. The Balaban J connectivity index is 1.78. The Morgan fingerprint density at radius 1 is 1.32 bits per heavy atom. The maximum atomic E-state index is 5.84. The van der Waals surface area contributed by atoms with E-state index in [1.165, 1.54) is 24.8 Å². The summed E-state index contributed by atoms with van der Waals surface area (Å²) in [5.41, 5.74) is 1.70. The summed E-state index contributed by atoms with van der Waals surface area (Å²) in [6.45, 7) is 9.77. The van der Waals surface area contributed by atoms with Crippen molar-refractivity contribution < 1.29 is 4.74 Å². The molecular weight excluding hydrogens is 234 g/mol. The highest BCUT2D eigenvalue weighted by Gasteiger charge is 2.34. The molecule has 0 radical (unpaired) electrons. The van der Waals surface area contributed by atoms with E-state index in [4.69, 9.17) is 4.74 Å². The molecular formula is C17H27NO. The van der Waals surface area contributed by atoms with Gasteiger partial charge in [-0.1, -0.05) is 38.0 Å². The Hall–Kier alpha value is -1.02. The van der Waals surface area contributed by atoms with Gasteiger partial charge in [0.15, 0.2) is 0 Å². The van der Waals surface area contributed by atoms with Crippen molar-refractivity contribution in [3.05, 3.63) is 29.8 Å². The molecule has 0 amide bonds. The first-order chi connectivity index (χ1) is 8.97. The normalized spacial score (nSPS) is 23.3. The van der Waals surface area contributed by atoms with Crippen molar-refractivity contribution in [1.82, 2.24) is 5.32 Å². The number of ether oxygens (including phenoxy) is 1. The van der Waals surface area contributed by atoms with Crippen LogP contribution in [0.25, 0.3) is 0 Å². The van der Waals surface area contributed by atoms with Gasteiger partial charge in [0.25, 0.3) is 0 Å². The minimum Gasteiger partial charge on any atom is -0.492 e. The van der Waals surface area contributed by atoms with Gasteiger partial charge in [0, 0.05) is 12.1 Å². The lowest BCUT2D eigenvalue weighted by Gasteiger charge is -2.30. The highest BCUT2D eigenvalue weighted by molar-refractivity contribution is 5.26. The maximum absolute atomic E-state index is 5.84. The lowest BCUT2D eigenvalue weighted by Crippen LogP contribution is -2.45. The van der Waals surface area contributed by atoms with Gasteiger partial charge in [0.05, 0.1) is 0 Å². The first kappa shape index (κ1) is 14.4. The van der Waals surface area contributed by atoms with Crippen LogP contribution in [0.3, 0.4) is 0 Å². The topological polar surface area (TPSA) is 21.3 Å². The molecule has 1 aromatic rings. The summed E-state index contributed by atoms with van der Waals surface area (Å²) in [7, 11) is 0. The van der Waals surface area contributed by atoms with Gasteiger partial charge in [0.1, 0.15) is 12.4 Å². The molecule has 2 unspecified atom stereocenters. The van der Waals surface area contributed by atoms with Gasteiger partial charge in [-0.2, -0.15) is 0 Å². The SMILES string of the molecule is Cc1ccc(OCC(C)NC2CCCC2(C)C)cc1. The molecule has 2 atom stereocenters. The summed E-state index contributed by atoms with van der Waals surface area (Å²) < 4.78 is 5.84. The van der Waals surface area contributed by atoms with Crippen LogP contribution >= 0.6 is 0 Å². The highest BCUT2D eigenvalue weighted by atomic mass is 16.5. The summed E-state index contributed by atoms with van der Waals surface area (Å²) in [5.74, 6) is 0.963. The van der Waals surface area contributed by atoms with Crippen LogP contribution in [-0.2, 0) is 0 Å². The molecule has 2 nitrogen and oxygen atoms in total. The summed E-state index contributed by atoms with van der Waals surface area (Å²) in [6, 6.07) is 9.29. The smallest absolute Gasteiger partial charge is 0.119 e. The summed E-state index contributed by atoms with van der Waals surface area (Å²) in [5, 5.41) is 3.73. The minimum atomic E-state index is 0.392. The van der Waals surface area contributed by atoms with Crippen LogP contribution in [0.2, 0.25) is 0 Å². The van der Waals surface area contributed by atoms with Crippen molar-refractivity contribution in [2.24, 2.45) is 5.41 Å². The van der Waals surface area contributed by atoms with Crippen molar-refractivity contribution in [2.75, 3.05) is 6.61 Å². The molecule has 0 spiro atoms. The van der Waals surface area contributed by atoms with Crippen LogP contribution in [-0.4, -0.2) is 18.7 Å². The van der Waals surface area contributed by atoms with E-state index in [0.717, 1.165) is 12.4 Å². The third kappa shape index (κ3) is 3.97. The minimum absolute atomic E-state index is 0.392. The molecule has 19 heavy (non-hydrogen) atoms. The number of benzene rings is 1. The average molecular weight is 261 g/mol. The largest absolute Gasteiger partial charge is 0.492 e. The van der Waals surface area contributed by atoms with Crippen LogP contribution in [0.5, 0.6) is 5.75 Å². The van der Waals surface area contributed by atoms with Crippen LogP contribution in [0.4, 0.5) is 0 Å². The van der Waals surface area contributed by atoms with Crippen LogP contribution < -0.4 is 10.1 Å². The Kier molecular flexibility index (Phi) is 4.51. The van der Waals surface area contributed by atoms with Crippen LogP contribution in [0.15, 0.2) is 24.3 Å². The van der Waals surface area contributed by atoms with E-state index in [1.807, 2.05) is 12.1 Å². The van der Waals surface area contributed by atoms with Crippen molar-refractivity contribution in [2.45, 2.75) is 59.0 Å². The van der Waals surface area contributed by atoms with Crippen molar-refractivity contribution in [3.8, 4) is 5.75 Å². The number of nitrogens with one attached hydrogen (secondary N) is 1. The van der Waals surface area contributed by atoms with Gasteiger partial charge in [0.2, 0.25) is 0 Å². The van der Waals surface area contributed by atoms with Crippen molar-refractivity contribution in [1.29, 1.82) is 0 Å². The molecule has 1 saturated carbocycles. The van der Waals surface area contributed by atoms with E-state index >= 15 is 0 Å². The first-order valence-corrected chi connectivity index (χ1v) is 7.43. The molecule has 1 aliphatic rings. The molecule has 0 aliphatic heterocycles. The van der Waals surface area contributed by atoms with Gasteiger partial charge in [-0.3, -0.25) is 0 Å². The van der Waals surface area contributed by atoms with Crippen LogP contribution in [0.1, 0.15) is 45.6 Å². The summed E-state index contributed by atoms with van der Waals surface area (Å²) in [6.07, 6.45) is 3.97. The number of hydrogen-bond acceptors (Lipinski definition) is 2. The van der Waals surface area contributed by atoms with Gasteiger partial charge in [-0.15, -0.1) is 0 Å². The fourth-order valence-corrected chi connectivity index (χ4v) is 2.88. The molecule has 0 heterocycles. The quantitative estimate of drug-likeness (QED) is 0.867. The molecule has 0 bridgehead atoms. The predicted molar refractivity (Wildman–Crippen MR) is 80.7 cm³/mol. The zero-order chi connectivity index (χ0) is 13.9. The highest BCUT2D eigenvalue weighted by Crippen LogP contribution is 2.37. The van der Waals surface area contributed by atoms with Crippen molar-refractivity contribution in [3.63, 3.8) is 0 Å². The number of hydrogen-bond donors (Lipinski definition) is 1. The molecule has 1 N–H and O–H groups in total. The van der Waals surface area contributed by atoms with Gasteiger partial charge in [-0.05, 0) is 44.2 Å². The molecule has 1 fully saturated rings. The second kappa shape index (κ2) is 5.96. The lowest BCUT2D eigenvalue weighted by molar-refractivity contribution is 0.217. The molecule has 2 heteroatoms. The predicted octanol–water partition coefficient (Wildman–Crippen LogP) is 3.93. The molecule has 0 saturated heterocycles. The molecule has 1 aromatic carbocycles. The maximum Gasteiger partial charge on any atom is 0.119 e. The molecule has 1 aliphatic carbocycles. The van der Waals surface area contributed by atoms with Gasteiger partial charge >= 0.3 is 0 Å². The Labute approximate surface area is 117 Å². The fraction of sp³-hybridized carbons (Fsp3) is 0.647. The molecule has 106 valence electrons. The summed E-state index contributed by atoms with van der Waals surface area (Å²) >= 11 is 0. The number of aryl methyl sites for hydroxylation is 1. The second-order valence-corrected chi connectivity index (χ2v) is 6.63. The zero-order valence-electron chi connectivity index (χ0n) is 12.7. The zero-order valence-corrected chi connectivity index (χ0v) is 12.7. The molecule has 0 aromatic heterocycles.